The van der Waals surface area contributed by atoms with Crippen molar-refractivity contribution < 1.29 is 9.53 Å². The van der Waals surface area contributed by atoms with Crippen molar-refractivity contribution in [3.05, 3.63) is 54.1 Å². The van der Waals surface area contributed by atoms with Gasteiger partial charge in [0.15, 0.2) is 5.60 Å². The molecule has 1 fully saturated rings. The first-order valence-electron chi connectivity index (χ1n) is 6.93. The van der Waals surface area contributed by atoms with Gasteiger partial charge >= 0.3 is 5.97 Å². The van der Waals surface area contributed by atoms with Gasteiger partial charge in [0, 0.05) is 12.8 Å². The molecule has 3 rings (SSSR count). The van der Waals surface area contributed by atoms with Crippen LogP contribution in [0.1, 0.15) is 41.9 Å². The van der Waals surface area contributed by atoms with E-state index < -0.39 is 11.6 Å². The minimum absolute atomic E-state index is 0.00256. The zero-order valence-electron chi connectivity index (χ0n) is 11.8. The molecule has 0 spiro atoms. The molecule has 1 heterocycles. The van der Waals surface area contributed by atoms with Crippen LogP contribution in [0.25, 0.3) is 0 Å². The third kappa shape index (κ3) is 2.55. The fourth-order valence-corrected chi connectivity index (χ4v) is 2.28. The van der Waals surface area contributed by atoms with Crippen LogP contribution in [0.15, 0.2) is 42.9 Å². The Morgan fingerprint density at radius 1 is 1.43 bits per heavy atom. The maximum absolute atomic E-state index is 12.3. The molecule has 0 N–H and O–H groups in total. The van der Waals surface area contributed by atoms with E-state index in [9.17, 15) is 4.79 Å². The van der Waals surface area contributed by atoms with Crippen LogP contribution >= 0.6 is 0 Å². The second-order valence-corrected chi connectivity index (χ2v) is 5.30. The van der Waals surface area contributed by atoms with E-state index in [1.807, 2.05) is 41.8 Å². The molecule has 4 heteroatoms. The maximum atomic E-state index is 12.3. The van der Waals surface area contributed by atoms with Gasteiger partial charge in [-0.1, -0.05) is 36.3 Å². The minimum atomic E-state index is -0.692. The number of ether oxygens (including phenoxy) is 1. The summed E-state index contributed by atoms with van der Waals surface area (Å²) in [5.74, 6) is 2.14. The number of carbonyl (C=O) groups excluding carboxylic acids is 1. The Morgan fingerprint density at radius 3 is 2.76 bits per heavy atom. The Bertz CT molecular complexity index is 693. The molecule has 2 aromatic rings. The first-order valence-corrected chi connectivity index (χ1v) is 6.93. The van der Waals surface area contributed by atoms with Crippen molar-refractivity contribution in [2.24, 2.45) is 0 Å². The highest BCUT2D eigenvalue weighted by molar-refractivity contribution is 5.88. The number of terminal acetylenes is 1. The molecule has 1 aromatic heterocycles. The summed E-state index contributed by atoms with van der Waals surface area (Å²) < 4.78 is 7.24. The SMILES string of the molecule is C#CC1(OC(=O)c2cncn2[C@H](C)c2ccccc2)CC1. The average Bonchev–Trinajstić information content (AvgIpc) is 3.12. The molecule has 1 aliphatic rings. The summed E-state index contributed by atoms with van der Waals surface area (Å²) in [6.45, 7) is 2.02. The lowest BCUT2D eigenvalue weighted by atomic mass is 10.1. The van der Waals surface area contributed by atoms with Gasteiger partial charge < -0.3 is 9.30 Å². The van der Waals surface area contributed by atoms with Gasteiger partial charge in [-0.15, -0.1) is 6.42 Å². The molecule has 0 saturated heterocycles. The first kappa shape index (κ1) is 13.4. The summed E-state index contributed by atoms with van der Waals surface area (Å²) in [4.78, 5) is 16.4. The number of benzene rings is 1. The van der Waals surface area contributed by atoms with Crippen molar-refractivity contribution in [3.63, 3.8) is 0 Å². The van der Waals surface area contributed by atoms with E-state index in [2.05, 4.69) is 10.9 Å². The molecule has 21 heavy (non-hydrogen) atoms. The van der Waals surface area contributed by atoms with E-state index in [4.69, 9.17) is 11.2 Å². The third-order valence-corrected chi connectivity index (χ3v) is 3.83. The van der Waals surface area contributed by atoms with Gasteiger partial charge in [-0.25, -0.2) is 9.78 Å². The lowest BCUT2D eigenvalue weighted by Crippen LogP contribution is -2.21. The largest absolute Gasteiger partial charge is 0.441 e. The van der Waals surface area contributed by atoms with Crippen LogP contribution in [-0.2, 0) is 4.74 Å². The highest BCUT2D eigenvalue weighted by Gasteiger charge is 2.46. The number of hydrogen-bond donors (Lipinski definition) is 0. The van der Waals surface area contributed by atoms with Crippen LogP contribution < -0.4 is 0 Å². The second kappa shape index (κ2) is 5.10. The number of aromatic nitrogens is 2. The quantitative estimate of drug-likeness (QED) is 0.639. The number of hydrogen-bond acceptors (Lipinski definition) is 3. The summed E-state index contributed by atoms with van der Waals surface area (Å²) in [6.07, 6.45) is 10.0. The molecule has 4 nitrogen and oxygen atoms in total. The smallest absolute Gasteiger partial charge is 0.358 e. The van der Waals surface area contributed by atoms with Gasteiger partial charge in [0.2, 0.25) is 0 Å². The van der Waals surface area contributed by atoms with Crippen molar-refractivity contribution in [2.75, 3.05) is 0 Å². The van der Waals surface area contributed by atoms with Crippen LogP contribution in [0.2, 0.25) is 0 Å². The topological polar surface area (TPSA) is 44.1 Å². The molecule has 0 amide bonds. The zero-order chi connectivity index (χ0) is 14.9. The predicted molar refractivity (Wildman–Crippen MR) is 78.7 cm³/mol. The first-order chi connectivity index (χ1) is 10.2. The average molecular weight is 280 g/mol. The van der Waals surface area contributed by atoms with Crippen LogP contribution in [0.4, 0.5) is 0 Å². The number of esters is 1. The molecule has 1 saturated carbocycles. The molecule has 1 aromatic carbocycles. The highest BCUT2D eigenvalue weighted by atomic mass is 16.6. The fourth-order valence-electron chi connectivity index (χ4n) is 2.28. The van der Waals surface area contributed by atoms with Crippen LogP contribution in [0, 0.1) is 12.3 Å². The number of carbonyl (C=O) groups is 1. The van der Waals surface area contributed by atoms with E-state index in [1.165, 1.54) is 6.20 Å². The van der Waals surface area contributed by atoms with E-state index in [-0.39, 0.29) is 6.04 Å². The van der Waals surface area contributed by atoms with Gasteiger partial charge in [-0.2, -0.15) is 0 Å². The number of nitrogens with zero attached hydrogens (tertiary/aromatic N) is 2. The van der Waals surface area contributed by atoms with Gasteiger partial charge in [0.25, 0.3) is 0 Å². The lowest BCUT2D eigenvalue weighted by Gasteiger charge is -2.17. The van der Waals surface area contributed by atoms with Gasteiger partial charge in [-0.3, -0.25) is 0 Å². The van der Waals surface area contributed by atoms with E-state index in [0.717, 1.165) is 18.4 Å². The van der Waals surface area contributed by atoms with Gasteiger partial charge in [0.05, 0.1) is 18.6 Å². The highest BCUT2D eigenvalue weighted by Crippen LogP contribution is 2.39. The normalized spacial score (nSPS) is 16.8. The van der Waals surface area contributed by atoms with Crippen molar-refractivity contribution in [1.82, 2.24) is 9.55 Å². The molecule has 0 unspecified atom stereocenters. The van der Waals surface area contributed by atoms with Crippen molar-refractivity contribution in [1.29, 1.82) is 0 Å². The molecule has 1 aliphatic carbocycles. The van der Waals surface area contributed by atoms with Crippen LogP contribution in [0.5, 0.6) is 0 Å². The predicted octanol–water partition coefficient (Wildman–Crippen LogP) is 2.82. The molecule has 0 aliphatic heterocycles. The van der Waals surface area contributed by atoms with Gasteiger partial charge in [0.1, 0.15) is 5.69 Å². The summed E-state index contributed by atoms with van der Waals surface area (Å²) in [7, 11) is 0. The standard InChI is InChI=1S/C17H16N2O2/c1-3-17(9-10-17)21-16(20)15-11-18-12-19(15)13(2)14-7-5-4-6-8-14/h1,4-8,11-13H,9-10H2,2H3/t13-/m1/s1. The van der Waals surface area contributed by atoms with E-state index >= 15 is 0 Å². The maximum Gasteiger partial charge on any atom is 0.358 e. The number of imidazole rings is 1. The van der Waals surface area contributed by atoms with Crippen LogP contribution in [0.3, 0.4) is 0 Å². The molecule has 1 atom stereocenters. The molecular weight excluding hydrogens is 264 g/mol. The molecule has 106 valence electrons. The monoisotopic (exact) mass is 280 g/mol. The third-order valence-electron chi connectivity index (χ3n) is 3.83. The fraction of sp³-hybridized carbons (Fsp3) is 0.294. The van der Waals surface area contributed by atoms with Crippen molar-refractivity contribution in [3.8, 4) is 12.3 Å². The Hall–Kier alpha value is -2.54. The zero-order valence-corrected chi connectivity index (χ0v) is 11.8. The second-order valence-electron chi connectivity index (χ2n) is 5.30. The molecular formula is C17H16N2O2. The van der Waals surface area contributed by atoms with Gasteiger partial charge in [-0.05, 0) is 12.5 Å². The summed E-state index contributed by atoms with van der Waals surface area (Å²) in [5, 5.41) is 0. The lowest BCUT2D eigenvalue weighted by molar-refractivity contribution is 0.0347. The molecule has 0 bridgehead atoms. The minimum Gasteiger partial charge on any atom is -0.441 e. The van der Waals surface area contributed by atoms with E-state index in [1.54, 1.807) is 6.33 Å². The molecule has 0 radical (unpaired) electrons. The Morgan fingerprint density at radius 2 is 2.14 bits per heavy atom. The Labute approximate surface area is 123 Å². The van der Waals surface area contributed by atoms with Crippen LogP contribution in [-0.4, -0.2) is 21.1 Å². The Balaban J connectivity index is 1.84. The van der Waals surface area contributed by atoms with Crippen molar-refractivity contribution >= 4 is 5.97 Å². The van der Waals surface area contributed by atoms with E-state index in [0.29, 0.717) is 5.69 Å². The number of rotatable bonds is 4. The summed E-state index contributed by atoms with van der Waals surface area (Å²) in [6, 6.07) is 9.93. The Kier molecular flexibility index (Phi) is 3.26. The van der Waals surface area contributed by atoms with Crippen molar-refractivity contribution in [2.45, 2.75) is 31.4 Å². The summed E-state index contributed by atoms with van der Waals surface area (Å²) in [5.41, 5.74) is 0.831. The summed E-state index contributed by atoms with van der Waals surface area (Å²) >= 11 is 0.